The molecule has 1 amide bonds. The second-order valence-corrected chi connectivity index (χ2v) is 6.02. The van der Waals surface area contributed by atoms with Crippen LogP contribution in [-0.4, -0.2) is 25.1 Å². The van der Waals surface area contributed by atoms with Crippen LogP contribution in [0.2, 0.25) is 5.02 Å². The lowest BCUT2D eigenvalue weighted by molar-refractivity contribution is -0.150. The third-order valence-electron chi connectivity index (χ3n) is 3.66. The molecule has 5 nitrogen and oxygen atoms in total. The lowest BCUT2D eigenvalue weighted by Crippen LogP contribution is -2.35. The molecular formula is C20H19ClFNO4. The molecule has 0 bridgehead atoms. The first-order chi connectivity index (χ1) is 12.9. The number of amides is 1. The van der Waals surface area contributed by atoms with E-state index in [1.54, 1.807) is 24.3 Å². The minimum absolute atomic E-state index is 0.110. The molecule has 0 aromatic heterocycles. The number of hydrogen-bond acceptors (Lipinski definition) is 4. The molecule has 0 aliphatic carbocycles. The van der Waals surface area contributed by atoms with E-state index >= 15 is 0 Å². The van der Waals surface area contributed by atoms with Crippen LogP contribution in [0.3, 0.4) is 0 Å². The van der Waals surface area contributed by atoms with E-state index in [-0.39, 0.29) is 12.3 Å². The van der Waals surface area contributed by atoms with Crippen molar-refractivity contribution in [2.24, 2.45) is 0 Å². The van der Waals surface area contributed by atoms with Crippen LogP contribution in [0, 0.1) is 5.82 Å². The van der Waals surface area contributed by atoms with Crippen molar-refractivity contribution in [2.75, 3.05) is 7.11 Å². The fraction of sp³-hybridized carbons (Fsp3) is 0.200. The van der Waals surface area contributed by atoms with Gasteiger partial charge in [0.2, 0.25) is 0 Å². The maximum absolute atomic E-state index is 13.6. The zero-order valence-corrected chi connectivity index (χ0v) is 15.6. The van der Waals surface area contributed by atoms with Crippen LogP contribution >= 0.6 is 11.6 Å². The average Bonchev–Trinajstić information content (AvgIpc) is 2.65. The molecule has 2 rings (SSSR count). The van der Waals surface area contributed by atoms with E-state index in [2.05, 4.69) is 5.32 Å². The normalized spacial score (nSPS) is 11.9. The molecule has 0 saturated heterocycles. The van der Waals surface area contributed by atoms with Crippen LogP contribution in [0.1, 0.15) is 18.1 Å². The van der Waals surface area contributed by atoms with Crippen LogP contribution in [0.4, 0.5) is 4.39 Å². The molecule has 1 N–H and O–H groups in total. The van der Waals surface area contributed by atoms with E-state index in [1.165, 1.54) is 32.2 Å². The molecule has 0 unspecified atom stereocenters. The number of carbonyl (C=O) groups excluding carboxylic acids is 2. The van der Waals surface area contributed by atoms with Crippen molar-refractivity contribution in [1.29, 1.82) is 0 Å². The molecule has 142 valence electrons. The Kier molecular flexibility index (Phi) is 7.37. The van der Waals surface area contributed by atoms with Gasteiger partial charge in [-0.25, -0.2) is 9.18 Å². The number of rotatable bonds is 7. The van der Waals surface area contributed by atoms with Crippen LogP contribution in [0.15, 0.2) is 48.5 Å². The smallest absolute Gasteiger partial charge is 0.331 e. The van der Waals surface area contributed by atoms with Gasteiger partial charge in [-0.2, -0.15) is 0 Å². The molecule has 0 fully saturated rings. The lowest BCUT2D eigenvalue weighted by atomic mass is 10.2. The van der Waals surface area contributed by atoms with Gasteiger partial charge in [0.1, 0.15) is 0 Å². The summed E-state index contributed by atoms with van der Waals surface area (Å²) in [5.41, 5.74) is 1.22. The fourth-order valence-corrected chi connectivity index (χ4v) is 2.39. The Bertz CT molecular complexity index is 854. The minimum atomic E-state index is -0.989. The van der Waals surface area contributed by atoms with Crippen molar-refractivity contribution in [3.63, 3.8) is 0 Å². The third kappa shape index (κ3) is 6.11. The standard InChI is InChI=1S/C20H19ClFNO4/c1-13(20(25)23-12-15-5-3-4-6-16(15)21)27-19(24)10-8-14-7-9-18(26-2)17(22)11-14/h3-11,13H,12H2,1-2H3,(H,23,25)/b10-8+/t13-/m1/s1. The number of halogens is 2. The number of esters is 1. The fourth-order valence-electron chi connectivity index (χ4n) is 2.19. The van der Waals surface area contributed by atoms with Crippen molar-refractivity contribution < 1.29 is 23.5 Å². The number of hydrogen-bond donors (Lipinski definition) is 1. The Morgan fingerprint density at radius 2 is 2.00 bits per heavy atom. The Morgan fingerprint density at radius 3 is 2.67 bits per heavy atom. The quantitative estimate of drug-likeness (QED) is 0.576. The summed E-state index contributed by atoms with van der Waals surface area (Å²) < 4.78 is 23.5. The zero-order chi connectivity index (χ0) is 19.8. The van der Waals surface area contributed by atoms with Gasteiger partial charge >= 0.3 is 5.97 Å². The minimum Gasteiger partial charge on any atom is -0.494 e. The van der Waals surface area contributed by atoms with Crippen molar-refractivity contribution in [2.45, 2.75) is 19.6 Å². The van der Waals surface area contributed by atoms with Crippen LogP contribution in [0.25, 0.3) is 6.08 Å². The summed E-state index contributed by atoms with van der Waals surface area (Å²) in [6.45, 7) is 1.68. The summed E-state index contributed by atoms with van der Waals surface area (Å²) in [5.74, 6) is -1.60. The number of carbonyl (C=O) groups is 2. The van der Waals surface area contributed by atoms with Gasteiger partial charge in [0.05, 0.1) is 7.11 Å². The summed E-state index contributed by atoms with van der Waals surface area (Å²) >= 11 is 6.02. The van der Waals surface area contributed by atoms with Gasteiger partial charge < -0.3 is 14.8 Å². The third-order valence-corrected chi connectivity index (χ3v) is 4.03. The molecule has 0 radical (unpaired) electrons. The average molecular weight is 392 g/mol. The van der Waals surface area contributed by atoms with E-state index in [4.69, 9.17) is 21.1 Å². The van der Waals surface area contributed by atoms with Crippen molar-refractivity contribution in [3.05, 3.63) is 70.5 Å². The Morgan fingerprint density at radius 1 is 1.26 bits per heavy atom. The van der Waals surface area contributed by atoms with Crippen LogP contribution in [-0.2, 0) is 20.9 Å². The molecule has 0 saturated carbocycles. The maximum Gasteiger partial charge on any atom is 0.331 e. The summed E-state index contributed by atoms with van der Waals surface area (Å²) in [5, 5.41) is 3.19. The van der Waals surface area contributed by atoms with Gasteiger partial charge in [0.15, 0.2) is 17.7 Å². The monoisotopic (exact) mass is 391 g/mol. The Balaban J connectivity index is 1.86. The van der Waals surface area contributed by atoms with E-state index in [0.29, 0.717) is 10.6 Å². The zero-order valence-electron chi connectivity index (χ0n) is 14.9. The molecule has 27 heavy (non-hydrogen) atoms. The second-order valence-electron chi connectivity index (χ2n) is 5.62. The number of nitrogens with one attached hydrogen (secondary N) is 1. The van der Waals surface area contributed by atoms with Gasteiger partial charge in [-0.15, -0.1) is 0 Å². The Hall–Kier alpha value is -2.86. The summed E-state index contributed by atoms with van der Waals surface area (Å²) in [6, 6.07) is 11.4. The first kappa shape index (κ1) is 20.5. The highest BCUT2D eigenvalue weighted by molar-refractivity contribution is 6.31. The van der Waals surface area contributed by atoms with Gasteiger partial charge in [0, 0.05) is 17.6 Å². The van der Waals surface area contributed by atoms with Crippen molar-refractivity contribution in [3.8, 4) is 5.75 Å². The van der Waals surface area contributed by atoms with Gasteiger partial charge in [-0.1, -0.05) is 35.9 Å². The topological polar surface area (TPSA) is 64.6 Å². The molecule has 7 heteroatoms. The molecule has 2 aromatic rings. The number of methoxy groups -OCH3 is 1. The van der Waals surface area contributed by atoms with E-state index < -0.39 is 23.8 Å². The van der Waals surface area contributed by atoms with Crippen LogP contribution < -0.4 is 10.1 Å². The largest absolute Gasteiger partial charge is 0.494 e. The van der Waals surface area contributed by atoms with Gasteiger partial charge in [-0.05, 0) is 42.3 Å². The first-order valence-corrected chi connectivity index (χ1v) is 8.52. The van der Waals surface area contributed by atoms with Crippen molar-refractivity contribution >= 4 is 29.6 Å². The maximum atomic E-state index is 13.6. The van der Waals surface area contributed by atoms with Crippen LogP contribution in [0.5, 0.6) is 5.75 Å². The van der Waals surface area contributed by atoms with E-state index in [0.717, 1.165) is 11.6 Å². The lowest BCUT2D eigenvalue weighted by Gasteiger charge is -2.13. The molecule has 0 spiro atoms. The number of benzene rings is 2. The highest BCUT2D eigenvalue weighted by Crippen LogP contribution is 2.18. The summed E-state index contributed by atoms with van der Waals surface area (Å²) in [6.07, 6.45) is 1.52. The molecular weight excluding hydrogens is 373 g/mol. The predicted molar refractivity (Wildman–Crippen MR) is 101 cm³/mol. The SMILES string of the molecule is COc1ccc(/C=C/C(=O)O[C@H](C)C(=O)NCc2ccccc2Cl)cc1F. The number of ether oxygens (including phenoxy) is 2. The highest BCUT2D eigenvalue weighted by atomic mass is 35.5. The Labute approximate surface area is 161 Å². The first-order valence-electron chi connectivity index (χ1n) is 8.14. The van der Waals surface area contributed by atoms with Crippen molar-refractivity contribution in [1.82, 2.24) is 5.32 Å². The molecule has 0 heterocycles. The highest BCUT2D eigenvalue weighted by Gasteiger charge is 2.16. The molecule has 0 aliphatic heterocycles. The molecule has 0 aliphatic rings. The summed E-state index contributed by atoms with van der Waals surface area (Å²) in [4.78, 5) is 23.9. The van der Waals surface area contributed by atoms with E-state index in [1.807, 2.05) is 6.07 Å². The second kappa shape index (κ2) is 9.73. The van der Waals surface area contributed by atoms with Gasteiger partial charge in [0.25, 0.3) is 5.91 Å². The molecule has 1 atom stereocenters. The summed E-state index contributed by atoms with van der Waals surface area (Å²) in [7, 11) is 1.36. The van der Waals surface area contributed by atoms with E-state index in [9.17, 15) is 14.0 Å². The van der Waals surface area contributed by atoms with Gasteiger partial charge in [-0.3, -0.25) is 4.79 Å². The molecule has 2 aromatic carbocycles. The predicted octanol–water partition coefficient (Wildman–Crippen LogP) is 3.75.